The number of carbonyl (C=O) groups excluding carboxylic acids is 1. The van der Waals surface area contributed by atoms with Crippen LogP contribution < -0.4 is 0 Å². The van der Waals surface area contributed by atoms with Crippen molar-refractivity contribution in [1.82, 2.24) is 4.90 Å². The average molecular weight is 247 g/mol. The summed E-state index contributed by atoms with van der Waals surface area (Å²) in [5, 5.41) is 0. The highest BCUT2D eigenvalue weighted by Crippen LogP contribution is 2.10. The maximum absolute atomic E-state index is 11.9. The predicted octanol–water partition coefficient (Wildman–Crippen LogP) is 3.63. The van der Waals surface area contributed by atoms with E-state index in [0.29, 0.717) is 18.4 Å². The van der Waals surface area contributed by atoms with Gasteiger partial charge in [0.05, 0.1) is 0 Å². The second-order valence-corrected chi connectivity index (χ2v) is 5.36. The minimum absolute atomic E-state index is 0.251. The highest BCUT2D eigenvalue weighted by Gasteiger charge is 2.13. The van der Waals surface area contributed by atoms with Gasteiger partial charge in [0.1, 0.15) is 0 Å². The Bertz CT molecular complexity index is 359. The van der Waals surface area contributed by atoms with Crippen molar-refractivity contribution in [1.29, 1.82) is 0 Å². The molecule has 0 aliphatic heterocycles. The SMILES string of the molecule is CC(C)C(C)N(C)CCCC(=O)c1ccccc1. The van der Waals surface area contributed by atoms with Crippen LogP contribution in [0.2, 0.25) is 0 Å². The molecule has 0 spiro atoms. The highest BCUT2D eigenvalue weighted by atomic mass is 16.1. The molecule has 1 unspecified atom stereocenters. The van der Waals surface area contributed by atoms with E-state index in [1.54, 1.807) is 0 Å². The molecule has 100 valence electrons. The Morgan fingerprint density at radius 3 is 2.33 bits per heavy atom. The van der Waals surface area contributed by atoms with Gasteiger partial charge in [-0.1, -0.05) is 44.2 Å². The van der Waals surface area contributed by atoms with Gasteiger partial charge in [-0.2, -0.15) is 0 Å². The van der Waals surface area contributed by atoms with Crippen LogP contribution >= 0.6 is 0 Å². The summed E-state index contributed by atoms with van der Waals surface area (Å²) in [6.07, 6.45) is 1.57. The Kier molecular flexibility index (Phi) is 6.06. The van der Waals surface area contributed by atoms with E-state index in [1.807, 2.05) is 30.3 Å². The van der Waals surface area contributed by atoms with Gasteiger partial charge in [-0.25, -0.2) is 0 Å². The second kappa shape index (κ2) is 7.32. The fourth-order valence-electron chi connectivity index (χ4n) is 1.97. The molecule has 2 nitrogen and oxygen atoms in total. The van der Waals surface area contributed by atoms with E-state index in [0.717, 1.165) is 18.5 Å². The van der Waals surface area contributed by atoms with Crippen molar-refractivity contribution in [3.63, 3.8) is 0 Å². The molecule has 1 atom stereocenters. The third-order valence-electron chi connectivity index (χ3n) is 3.67. The van der Waals surface area contributed by atoms with Crippen LogP contribution in [0.5, 0.6) is 0 Å². The Hall–Kier alpha value is -1.15. The molecule has 1 aromatic rings. The minimum Gasteiger partial charge on any atom is -0.303 e. The predicted molar refractivity (Wildman–Crippen MR) is 76.9 cm³/mol. The summed E-state index contributed by atoms with van der Waals surface area (Å²) in [4.78, 5) is 14.2. The van der Waals surface area contributed by atoms with Gasteiger partial charge < -0.3 is 4.90 Å². The Balaban J connectivity index is 2.32. The first-order chi connectivity index (χ1) is 8.52. The van der Waals surface area contributed by atoms with Crippen molar-refractivity contribution in [3.8, 4) is 0 Å². The van der Waals surface area contributed by atoms with Gasteiger partial charge in [-0.15, -0.1) is 0 Å². The number of nitrogens with zero attached hydrogens (tertiary/aromatic N) is 1. The first-order valence-corrected chi connectivity index (χ1v) is 6.81. The number of carbonyl (C=O) groups is 1. The quantitative estimate of drug-likeness (QED) is 0.686. The van der Waals surface area contributed by atoms with Gasteiger partial charge >= 0.3 is 0 Å². The minimum atomic E-state index is 0.251. The fourth-order valence-corrected chi connectivity index (χ4v) is 1.97. The number of hydrogen-bond donors (Lipinski definition) is 0. The van der Waals surface area contributed by atoms with Crippen molar-refractivity contribution in [2.45, 2.75) is 39.7 Å². The third kappa shape index (κ3) is 4.61. The van der Waals surface area contributed by atoms with Crippen LogP contribution in [-0.4, -0.2) is 30.3 Å². The van der Waals surface area contributed by atoms with Gasteiger partial charge in [0.15, 0.2) is 5.78 Å². The second-order valence-electron chi connectivity index (χ2n) is 5.36. The molecule has 1 aromatic carbocycles. The number of rotatable bonds is 7. The first-order valence-electron chi connectivity index (χ1n) is 6.81. The largest absolute Gasteiger partial charge is 0.303 e. The van der Waals surface area contributed by atoms with Crippen molar-refractivity contribution in [2.24, 2.45) is 5.92 Å². The van der Waals surface area contributed by atoms with E-state index >= 15 is 0 Å². The Labute approximate surface area is 111 Å². The van der Waals surface area contributed by atoms with Gasteiger partial charge in [-0.3, -0.25) is 4.79 Å². The van der Waals surface area contributed by atoms with Gasteiger partial charge in [-0.05, 0) is 32.9 Å². The zero-order chi connectivity index (χ0) is 13.5. The maximum Gasteiger partial charge on any atom is 0.162 e. The summed E-state index contributed by atoms with van der Waals surface area (Å²) in [6, 6.07) is 10.1. The Morgan fingerprint density at radius 1 is 1.17 bits per heavy atom. The van der Waals surface area contributed by atoms with Crippen LogP contribution in [0.1, 0.15) is 44.0 Å². The molecule has 0 aliphatic rings. The highest BCUT2D eigenvalue weighted by molar-refractivity contribution is 5.95. The van der Waals surface area contributed by atoms with Crippen LogP contribution in [0.15, 0.2) is 30.3 Å². The van der Waals surface area contributed by atoms with Crippen molar-refractivity contribution < 1.29 is 4.79 Å². The monoisotopic (exact) mass is 247 g/mol. The molecule has 0 heterocycles. The van der Waals surface area contributed by atoms with Crippen molar-refractivity contribution in [2.75, 3.05) is 13.6 Å². The molecule has 1 rings (SSSR count). The summed E-state index contributed by atoms with van der Waals surface area (Å²) >= 11 is 0. The average Bonchev–Trinajstić information content (AvgIpc) is 2.38. The topological polar surface area (TPSA) is 20.3 Å². The zero-order valence-electron chi connectivity index (χ0n) is 12.0. The first kappa shape index (κ1) is 14.9. The molecular weight excluding hydrogens is 222 g/mol. The summed E-state index contributed by atoms with van der Waals surface area (Å²) in [5.74, 6) is 0.904. The van der Waals surface area contributed by atoms with Crippen LogP contribution in [0.25, 0.3) is 0 Å². The summed E-state index contributed by atoms with van der Waals surface area (Å²) in [6.45, 7) is 7.69. The normalized spacial score (nSPS) is 13.0. The summed E-state index contributed by atoms with van der Waals surface area (Å²) in [5.41, 5.74) is 0.831. The molecule has 0 saturated carbocycles. The van der Waals surface area contributed by atoms with E-state index < -0.39 is 0 Å². The van der Waals surface area contributed by atoms with Gasteiger partial charge in [0.25, 0.3) is 0 Å². The molecular formula is C16H25NO. The number of hydrogen-bond acceptors (Lipinski definition) is 2. The molecule has 2 heteroatoms. The van der Waals surface area contributed by atoms with Crippen LogP contribution in [-0.2, 0) is 0 Å². The lowest BCUT2D eigenvalue weighted by atomic mass is 10.0. The molecule has 0 aliphatic carbocycles. The maximum atomic E-state index is 11.9. The third-order valence-corrected chi connectivity index (χ3v) is 3.67. The molecule has 0 fully saturated rings. The fraction of sp³-hybridized carbons (Fsp3) is 0.562. The van der Waals surface area contributed by atoms with Crippen molar-refractivity contribution >= 4 is 5.78 Å². The van der Waals surface area contributed by atoms with E-state index in [1.165, 1.54) is 0 Å². The summed E-state index contributed by atoms with van der Waals surface area (Å²) < 4.78 is 0. The molecule has 18 heavy (non-hydrogen) atoms. The van der Waals surface area contributed by atoms with E-state index in [9.17, 15) is 4.79 Å². The van der Waals surface area contributed by atoms with Crippen LogP contribution in [0.4, 0.5) is 0 Å². The summed E-state index contributed by atoms with van der Waals surface area (Å²) in [7, 11) is 2.14. The lowest BCUT2D eigenvalue weighted by Crippen LogP contribution is -2.34. The molecule has 0 aromatic heterocycles. The molecule has 0 radical (unpaired) electrons. The van der Waals surface area contributed by atoms with Gasteiger partial charge in [0.2, 0.25) is 0 Å². The van der Waals surface area contributed by atoms with Crippen molar-refractivity contribution in [3.05, 3.63) is 35.9 Å². The smallest absolute Gasteiger partial charge is 0.162 e. The van der Waals surface area contributed by atoms with Gasteiger partial charge in [0, 0.05) is 18.0 Å². The Morgan fingerprint density at radius 2 is 1.78 bits per heavy atom. The number of benzene rings is 1. The van der Waals surface area contributed by atoms with E-state index in [-0.39, 0.29) is 5.78 Å². The molecule has 0 bridgehead atoms. The van der Waals surface area contributed by atoms with Crippen LogP contribution in [0, 0.1) is 5.92 Å². The standard InChI is InChI=1S/C16H25NO/c1-13(2)14(3)17(4)12-8-11-16(18)15-9-6-5-7-10-15/h5-7,9-10,13-14H,8,11-12H2,1-4H3. The molecule has 0 amide bonds. The lowest BCUT2D eigenvalue weighted by molar-refractivity contribution is 0.0972. The van der Waals surface area contributed by atoms with E-state index in [2.05, 4.69) is 32.7 Å². The number of Topliss-reactive ketones (excluding diaryl/α,β-unsaturated/α-hetero) is 1. The zero-order valence-corrected chi connectivity index (χ0v) is 12.0. The molecule has 0 saturated heterocycles. The lowest BCUT2D eigenvalue weighted by Gasteiger charge is -2.27. The number of ketones is 1. The molecule has 0 N–H and O–H groups in total. The van der Waals surface area contributed by atoms with E-state index in [4.69, 9.17) is 0 Å². The van der Waals surface area contributed by atoms with Crippen LogP contribution in [0.3, 0.4) is 0 Å².